The maximum atomic E-state index is 11.3. The third-order valence-electron chi connectivity index (χ3n) is 1.52. The first-order valence-electron chi connectivity index (χ1n) is 4.55. The monoisotopic (exact) mass is 194 g/mol. The van der Waals surface area contributed by atoms with Gasteiger partial charge in [0.1, 0.15) is 6.61 Å². The Hall–Kier alpha value is -1.58. The largest absolute Gasteiger partial charge is 0.592 e. The van der Waals surface area contributed by atoms with Crippen molar-refractivity contribution in [3.63, 3.8) is 0 Å². The van der Waals surface area contributed by atoms with Crippen LogP contribution in [0.5, 0.6) is 0 Å². The second kappa shape index (κ2) is 5.21. The van der Waals surface area contributed by atoms with Crippen molar-refractivity contribution in [2.45, 2.75) is 13.8 Å². The molecule has 0 fully saturated rings. The highest BCUT2D eigenvalue weighted by molar-refractivity contribution is 5.27. The molecule has 0 saturated heterocycles. The van der Waals surface area contributed by atoms with Gasteiger partial charge in [-0.25, -0.2) is 0 Å². The molecule has 4 heteroatoms. The standard InChI is InChI=1S/C10H14N2O2/c1-9(2)8-14-11-12(13)10-6-4-3-5-7-10/h3-7,9H,8H2,1-2H3/b12-11-. The van der Waals surface area contributed by atoms with E-state index in [9.17, 15) is 5.21 Å². The zero-order valence-corrected chi connectivity index (χ0v) is 8.38. The van der Waals surface area contributed by atoms with Crippen LogP contribution in [0.4, 0.5) is 5.69 Å². The van der Waals surface area contributed by atoms with E-state index in [2.05, 4.69) is 5.28 Å². The first-order chi connectivity index (χ1) is 6.70. The summed E-state index contributed by atoms with van der Waals surface area (Å²) in [6, 6.07) is 8.74. The summed E-state index contributed by atoms with van der Waals surface area (Å²) in [5, 5.41) is 14.7. The molecular weight excluding hydrogens is 180 g/mol. The zero-order chi connectivity index (χ0) is 10.4. The second-order valence-corrected chi connectivity index (χ2v) is 3.38. The second-order valence-electron chi connectivity index (χ2n) is 3.38. The summed E-state index contributed by atoms with van der Waals surface area (Å²) in [7, 11) is 0. The fraction of sp³-hybridized carbons (Fsp3) is 0.400. The zero-order valence-electron chi connectivity index (χ0n) is 8.38. The lowest BCUT2D eigenvalue weighted by molar-refractivity contribution is -0.479. The minimum atomic E-state index is 0.364. The molecule has 0 saturated carbocycles. The summed E-state index contributed by atoms with van der Waals surface area (Å²) < 4.78 is 0. The average Bonchev–Trinajstić information content (AvgIpc) is 2.18. The first kappa shape index (κ1) is 10.5. The molecule has 14 heavy (non-hydrogen) atoms. The molecule has 0 aliphatic rings. The molecule has 1 aromatic rings. The van der Waals surface area contributed by atoms with E-state index in [0.717, 1.165) is 0 Å². The summed E-state index contributed by atoms with van der Waals surface area (Å²) >= 11 is 0. The number of hydrogen-bond acceptors (Lipinski definition) is 3. The predicted octanol–water partition coefficient (Wildman–Crippen LogP) is 2.87. The first-order valence-corrected chi connectivity index (χ1v) is 4.55. The van der Waals surface area contributed by atoms with Crippen molar-refractivity contribution in [3.05, 3.63) is 35.5 Å². The van der Waals surface area contributed by atoms with Gasteiger partial charge in [0.2, 0.25) is 11.0 Å². The number of para-hydroxylation sites is 1. The maximum absolute atomic E-state index is 11.3. The fourth-order valence-corrected chi connectivity index (χ4v) is 0.838. The molecule has 0 atom stereocenters. The van der Waals surface area contributed by atoms with Crippen LogP contribution in [0.15, 0.2) is 35.6 Å². The van der Waals surface area contributed by atoms with E-state index in [4.69, 9.17) is 4.84 Å². The molecule has 76 valence electrons. The van der Waals surface area contributed by atoms with Crippen molar-refractivity contribution in [3.8, 4) is 0 Å². The van der Waals surface area contributed by atoms with Crippen LogP contribution in [0.25, 0.3) is 0 Å². The Kier molecular flexibility index (Phi) is 3.91. The Morgan fingerprint density at radius 1 is 1.36 bits per heavy atom. The summed E-state index contributed by atoms with van der Waals surface area (Å²) in [6.07, 6.45) is 0. The van der Waals surface area contributed by atoms with E-state index in [1.165, 1.54) is 0 Å². The van der Waals surface area contributed by atoms with Crippen LogP contribution in [0.1, 0.15) is 13.8 Å². The smallest absolute Gasteiger partial charge is 0.248 e. The molecular formula is C10H14N2O2. The SMILES string of the molecule is CC(C)CO/N=[N+](\[O-])c1ccccc1. The summed E-state index contributed by atoms with van der Waals surface area (Å²) in [5.41, 5.74) is 0.469. The van der Waals surface area contributed by atoms with Crippen molar-refractivity contribution >= 4 is 5.69 Å². The molecule has 0 bridgehead atoms. The lowest BCUT2D eigenvalue weighted by atomic mass is 10.2. The van der Waals surface area contributed by atoms with Crippen molar-refractivity contribution in [2.24, 2.45) is 11.2 Å². The maximum Gasteiger partial charge on any atom is 0.248 e. The van der Waals surface area contributed by atoms with Crippen LogP contribution < -0.4 is 0 Å². The van der Waals surface area contributed by atoms with E-state index < -0.39 is 0 Å². The van der Waals surface area contributed by atoms with Gasteiger partial charge in [0.15, 0.2) is 0 Å². The van der Waals surface area contributed by atoms with Gasteiger partial charge in [-0.05, 0) is 10.8 Å². The van der Waals surface area contributed by atoms with Gasteiger partial charge in [-0.2, -0.15) is 0 Å². The Labute approximate surface area is 83.4 Å². The summed E-state index contributed by atoms with van der Waals surface area (Å²) in [4.78, 5) is 5.32. The van der Waals surface area contributed by atoms with Gasteiger partial charge < -0.3 is 10.0 Å². The van der Waals surface area contributed by atoms with Crippen LogP contribution in [0, 0.1) is 11.1 Å². The molecule has 0 N–H and O–H groups in total. The Bertz CT molecular complexity index is 296. The predicted molar refractivity (Wildman–Crippen MR) is 52.9 cm³/mol. The quantitative estimate of drug-likeness (QED) is 0.420. The van der Waals surface area contributed by atoms with Gasteiger partial charge in [0.05, 0.1) is 0 Å². The van der Waals surface area contributed by atoms with Gasteiger partial charge in [-0.1, -0.05) is 32.0 Å². The minimum absolute atomic E-state index is 0.364. The minimum Gasteiger partial charge on any atom is -0.592 e. The fourth-order valence-electron chi connectivity index (χ4n) is 0.838. The summed E-state index contributed by atoms with van der Waals surface area (Å²) in [6.45, 7) is 4.44. The van der Waals surface area contributed by atoms with Gasteiger partial charge in [-0.3, -0.25) is 0 Å². The lowest BCUT2D eigenvalue weighted by Gasteiger charge is -2.01. The van der Waals surface area contributed by atoms with Crippen molar-refractivity contribution in [1.29, 1.82) is 0 Å². The number of nitrogens with zero attached hydrogens (tertiary/aromatic N) is 2. The summed E-state index contributed by atoms with van der Waals surface area (Å²) in [5.74, 6) is 0.364. The normalized spacial score (nSPS) is 11.8. The van der Waals surface area contributed by atoms with Gasteiger partial charge >= 0.3 is 0 Å². The molecule has 0 aliphatic carbocycles. The van der Waals surface area contributed by atoms with Crippen LogP contribution in [0.2, 0.25) is 0 Å². The van der Waals surface area contributed by atoms with Crippen molar-refractivity contribution < 1.29 is 9.70 Å². The topological polar surface area (TPSA) is 47.7 Å². The Morgan fingerprint density at radius 3 is 2.57 bits per heavy atom. The van der Waals surface area contributed by atoms with Crippen LogP contribution in [-0.2, 0) is 4.84 Å². The van der Waals surface area contributed by atoms with Crippen LogP contribution in [0.3, 0.4) is 0 Å². The third-order valence-corrected chi connectivity index (χ3v) is 1.52. The Balaban J connectivity index is 2.53. The third kappa shape index (κ3) is 3.43. The van der Waals surface area contributed by atoms with Gasteiger partial charge in [-0.15, -0.1) is 0 Å². The highest BCUT2D eigenvalue weighted by Gasteiger charge is 2.01. The Morgan fingerprint density at radius 2 is 2.00 bits per heavy atom. The number of rotatable bonds is 4. The van der Waals surface area contributed by atoms with Crippen LogP contribution >= 0.6 is 0 Å². The van der Waals surface area contributed by atoms with Crippen LogP contribution in [-0.4, -0.2) is 11.5 Å². The van der Waals surface area contributed by atoms with Gasteiger partial charge in [0, 0.05) is 12.1 Å². The highest BCUT2D eigenvalue weighted by Crippen LogP contribution is 2.09. The molecule has 0 radical (unpaired) electrons. The lowest BCUT2D eigenvalue weighted by Crippen LogP contribution is -2.00. The van der Waals surface area contributed by atoms with Crippen molar-refractivity contribution in [1.82, 2.24) is 0 Å². The number of hydrogen-bond donors (Lipinski definition) is 0. The van der Waals surface area contributed by atoms with E-state index in [1.54, 1.807) is 24.3 Å². The average molecular weight is 194 g/mol. The molecule has 4 nitrogen and oxygen atoms in total. The molecule has 0 aliphatic heterocycles. The molecule has 0 aromatic heterocycles. The molecule has 0 heterocycles. The molecule has 0 unspecified atom stereocenters. The molecule has 1 aromatic carbocycles. The number of benzene rings is 1. The highest BCUT2D eigenvalue weighted by atomic mass is 16.7. The van der Waals surface area contributed by atoms with Crippen molar-refractivity contribution in [2.75, 3.05) is 6.61 Å². The molecule has 0 spiro atoms. The van der Waals surface area contributed by atoms with E-state index in [0.29, 0.717) is 23.1 Å². The van der Waals surface area contributed by atoms with E-state index in [-0.39, 0.29) is 0 Å². The van der Waals surface area contributed by atoms with Gasteiger partial charge in [0.25, 0.3) is 0 Å². The van der Waals surface area contributed by atoms with E-state index >= 15 is 0 Å². The molecule has 0 amide bonds. The molecule has 1 rings (SSSR count). The van der Waals surface area contributed by atoms with E-state index in [1.807, 2.05) is 19.9 Å².